The summed E-state index contributed by atoms with van der Waals surface area (Å²) in [5, 5.41) is 15.2. The molecule has 0 bridgehead atoms. The molecule has 0 radical (unpaired) electrons. The molecule has 6 heteroatoms. The molecule has 0 aliphatic heterocycles. The van der Waals surface area contributed by atoms with Gasteiger partial charge in [0, 0.05) is 13.0 Å². The number of carboxylic acid groups (broad SMARTS) is 1. The summed E-state index contributed by atoms with van der Waals surface area (Å²) >= 11 is 0. The lowest BCUT2D eigenvalue weighted by molar-refractivity contribution is -0.140. The van der Waals surface area contributed by atoms with E-state index in [1.165, 1.54) is 6.66 Å². The first-order valence-corrected chi connectivity index (χ1v) is 4.70. The van der Waals surface area contributed by atoms with Gasteiger partial charge in [-0.25, -0.2) is 4.79 Å². The summed E-state index contributed by atoms with van der Waals surface area (Å²) in [5.74, 6) is -1.34. The van der Waals surface area contributed by atoms with E-state index in [1.54, 1.807) is 0 Å². The van der Waals surface area contributed by atoms with E-state index in [1.807, 2.05) is 0 Å². The van der Waals surface area contributed by atoms with Gasteiger partial charge in [-0.1, -0.05) is 4.57 Å². The lowest BCUT2D eigenvalue weighted by atomic mass is 10.2. The monoisotopic (exact) mass is 180 g/mol. The van der Waals surface area contributed by atoms with Gasteiger partial charge in [-0.15, -0.1) is 0 Å². The van der Waals surface area contributed by atoms with Crippen LogP contribution in [0.4, 0.5) is 0 Å². The van der Waals surface area contributed by atoms with Gasteiger partial charge < -0.3 is 10.2 Å². The molecule has 0 aromatic rings. The third-order valence-corrected chi connectivity index (χ3v) is 2.96. The summed E-state index contributed by atoms with van der Waals surface area (Å²) in [5.41, 5.74) is 5.25. The number of aliphatic carboxylic acids is 1. The normalized spacial score (nSPS) is 17.2. The maximum absolute atomic E-state index is 10.8. The van der Waals surface area contributed by atoms with Gasteiger partial charge in [0.1, 0.15) is 6.66 Å². The average molecular weight is 180 g/mol. The fraction of sp³-hybridized carbons (Fsp3) is 0.800. The standard InChI is InChI=1S/C5H10NO4P/c1-11(10)5(6,2-3-7)4(8)9/h7H,2-3,6H2,1H3/p+1. The maximum atomic E-state index is 10.8. The molecule has 0 aromatic heterocycles. The summed E-state index contributed by atoms with van der Waals surface area (Å²) in [6.07, 6.45) is -0.186. The van der Waals surface area contributed by atoms with Gasteiger partial charge >= 0.3 is 19.1 Å². The van der Waals surface area contributed by atoms with Gasteiger partial charge in [0.15, 0.2) is 0 Å². The molecule has 0 fully saturated rings. The molecule has 0 aliphatic carbocycles. The van der Waals surface area contributed by atoms with Crippen molar-refractivity contribution in [3.05, 3.63) is 0 Å². The van der Waals surface area contributed by atoms with Crippen molar-refractivity contribution in [2.75, 3.05) is 13.3 Å². The van der Waals surface area contributed by atoms with Gasteiger partial charge in [0.2, 0.25) is 0 Å². The molecule has 0 spiro atoms. The largest absolute Gasteiger partial charge is 0.477 e. The second-order valence-corrected chi connectivity index (χ2v) is 3.99. The van der Waals surface area contributed by atoms with Crippen molar-refractivity contribution in [3.63, 3.8) is 0 Å². The number of nitrogens with two attached hydrogens (primary N) is 1. The Bertz CT molecular complexity index is 167. The first kappa shape index (κ1) is 10.5. The zero-order valence-electron chi connectivity index (χ0n) is 6.15. The zero-order chi connectivity index (χ0) is 9.07. The van der Waals surface area contributed by atoms with E-state index in [0.717, 1.165) is 0 Å². The molecule has 11 heavy (non-hydrogen) atoms. The Balaban J connectivity index is 4.52. The fourth-order valence-electron chi connectivity index (χ4n) is 0.570. The highest BCUT2D eigenvalue weighted by molar-refractivity contribution is 7.46. The van der Waals surface area contributed by atoms with Crippen molar-refractivity contribution in [2.24, 2.45) is 5.73 Å². The third kappa shape index (κ3) is 2.22. The van der Waals surface area contributed by atoms with Crippen molar-refractivity contribution >= 4 is 13.8 Å². The van der Waals surface area contributed by atoms with Crippen LogP contribution in [0.2, 0.25) is 0 Å². The zero-order valence-corrected chi connectivity index (χ0v) is 7.04. The number of hydrogen-bond donors (Lipinski definition) is 3. The van der Waals surface area contributed by atoms with Crippen LogP contribution in [0, 0.1) is 0 Å². The summed E-state index contributed by atoms with van der Waals surface area (Å²) in [7, 11) is -2.02. The second kappa shape index (κ2) is 3.76. The lowest BCUT2D eigenvalue weighted by Crippen LogP contribution is -2.45. The van der Waals surface area contributed by atoms with Crippen molar-refractivity contribution in [3.8, 4) is 0 Å². The number of rotatable bonds is 4. The van der Waals surface area contributed by atoms with Crippen LogP contribution < -0.4 is 5.73 Å². The number of aliphatic hydroxyl groups is 1. The van der Waals surface area contributed by atoms with Crippen LogP contribution in [0.3, 0.4) is 0 Å². The Morgan fingerprint density at radius 3 is 2.27 bits per heavy atom. The van der Waals surface area contributed by atoms with E-state index in [4.69, 9.17) is 15.9 Å². The Hall–Kier alpha value is -0.510. The molecule has 0 saturated carbocycles. The van der Waals surface area contributed by atoms with Crippen LogP contribution in [0.15, 0.2) is 0 Å². The molecule has 0 amide bonds. The van der Waals surface area contributed by atoms with E-state index in [-0.39, 0.29) is 13.0 Å². The molecule has 2 unspecified atom stereocenters. The Labute approximate surface area is 65.0 Å². The van der Waals surface area contributed by atoms with Crippen LogP contribution in [-0.2, 0) is 9.36 Å². The summed E-state index contributed by atoms with van der Waals surface area (Å²) in [6.45, 7) is 0.858. The predicted octanol–water partition coefficient (Wildman–Crippen LogP) is -0.434. The molecule has 0 aliphatic rings. The third-order valence-electron chi connectivity index (χ3n) is 1.43. The SMILES string of the molecule is C[P+](=O)C(N)(CCO)C(=O)O. The smallest absolute Gasteiger partial charge is 0.374 e. The number of hydrogen-bond acceptors (Lipinski definition) is 4. The van der Waals surface area contributed by atoms with Crippen LogP contribution in [0.5, 0.6) is 0 Å². The molecule has 4 N–H and O–H groups in total. The van der Waals surface area contributed by atoms with Crippen LogP contribution in [0.25, 0.3) is 0 Å². The second-order valence-electron chi connectivity index (χ2n) is 2.20. The van der Waals surface area contributed by atoms with E-state index >= 15 is 0 Å². The van der Waals surface area contributed by atoms with Crippen LogP contribution >= 0.6 is 7.80 Å². The molecular weight excluding hydrogens is 169 g/mol. The van der Waals surface area contributed by atoms with E-state index in [0.29, 0.717) is 0 Å². The minimum absolute atomic E-state index is 0.186. The lowest BCUT2D eigenvalue weighted by Gasteiger charge is -2.10. The predicted molar refractivity (Wildman–Crippen MR) is 39.8 cm³/mol. The quantitative estimate of drug-likeness (QED) is 0.509. The van der Waals surface area contributed by atoms with Gasteiger partial charge in [-0.05, 0) is 0 Å². The molecular formula is C5H11NO4P+. The molecule has 5 nitrogen and oxygen atoms in total. The maximum Gasteiger partial charge on any atom is 0.374 e. The van der Waals surface area contributed by atoms with Crippen LogP contribution in [0.1, 0.15) is 6.42 Å². The molecule has 0 rings (SSSR count). The van der Waals surface area contributed by atoms with Crippen molar-refractivity contribution < 1.29 is 19.6 Å². The van der Waals surface area contributed by atoms with Gasteiger partial charge in [0.25, 0.3) is 0 Å². The Morgan fingerprint density at radius 1 is 1.73 bits per heavy atom. The summed E-state index contributed by atoms with van der Waals surface area (Å²) < 4.78 is 10.8. The molecule has 64 valence electrons. The minimum atomic E-state index is -2.02. The molecule has 2 atom stereocenters. The summed E-state index contributed by atoms with van der Waals surface area (Å²) in [6, 6.07) is 0. The number of aliphatic hydroxyl groups excluding tert-OH is 1. The van der Waals surface area contributed by atoms with E-state index in [2.05, 4.69) is 0 Å². The highest BCUT2D eigenvalue weighted by Gasteiger charge is 2.49. The highest BCUT2D eigenvalue weighted by atomic mass is 31.1. The van der Waals surface area contributed by atoms with Crippen molar-refractivity contribution in [2.45, 2.75) is 11.7 Å². The first-order valence-electron chi connectivity index (χ1n) is 2.99. The highest BCUT2D eigenvalue weighted by Crippen LogP contribution is 2.33. The number of carbonyl (C=O) groups is 1. The van der Waals surface area contributed by atoms with Gasteiger partial charge in [-0.2, -0.15) is 0 Å². The summed E-state index contributed by atoms with van der Waals surface area (Å²) in [4.78, 5) is 10.4. The first-order chi connectivity index (χ1) is 4.95. The van der Waals surface area contributed by atoms with Crippen LogP contribution in [-0.4, -0.2) is 34.7 Å². The van der Waals surface area contributed by atoms with Crippen molar-refractivity contribution in [1.82, 2.24) is 0 Å². The molecule has 0 saturated heterocycles. The van der Waals surface area contributed by atoms with Crippen molar-refractivity contribution in [1.29, 1.82) is 0 Å². The molecule has 0 heterocycles. The van der Waals surface area contributed by atoms with E-state index < -0.39 is 19.1 Å². The Kier molecular flexibility index (Phi) is 3.58. The molecule has 0 aromatic carbocycles. The van der Waals surface area contributed by atoms with Gasteiger partial charge in [0.05, 0.1) is 0 Å². The fourth-order valence-corrected chi connectivity index (χ4v) is 1.25. The Morgan fingerprint density at radius 2 is 2.18 bits per heavy atom. The van der Waals surface area contributed by atoms with Gasteiger partial charge in [-0.3, -0.25) is 5.73 Å². The minimum Gasteiger partial charge on any atom is -0.477 e. The number of carboxylic acids is 1. The average Bonchev–Trinajstić information content (AvgIpc) is 1.87. The van der Waals surface area contributed by atoms with E-state index in [9.17, 15) is 9.36 Å². The topological polar surface area (TPSA) is 101 Å².